The quantitative estimate of drug-likeness (QED) is 0.249. The minimum absolute atomic E-state index is 0.0227. The van der Waals surface area contributed by atoms with Crippen molar-refractivity contribution in [2.24, 2.45) is 0 Å². The van der Waals surface area contributed by atoms with Gasteiger partial charge in [0.05, 0.1) is 19.6 Å². The molecule has 0 aromatic carbocycles. The minimum Gasteiger partial charge on any atom is -0.456 e. The van der Waals surface area contributed by atoms with Gasteiger partial charge in [0.1, 0.15) is 5.44 Å². The molecule has 0 aliphatic carbocycles. The third kappa shape index (κ3) is 7.16. The van der Waals surface area contributed by atoms with Gasteiger partial charge in [-0.2, -0.15) is 0 Å². The van der Waals surface area contributed by atoms with Crippen molar-refractivity contribution < 1.29 is 33.7 Å². The molecule has 25 heavy (non-hydrogen) atoms. The highest BCUT2D eigenvalue weighted by atomic mass is 32.2. The average molecular weight is 379 g/mol. The second-order valence-electron chi connectivity index (χ2n) is 5.25. The van der Waals surface area contributed by atoms with E-state index in [1.807, 2.05) is 0 Å². The summed E-state index contributed by atoms with van der Waals surface area (Å²) >= 11 is 1.05. The molecule has 0 aromatic heterocycles. The first-order valence-corrected chi connectivity index (χ1v) is 8.79. The van der Waals surface area contributed by atoms with E-state index in [4.69, 9.17) is 14.2 Å². The Morgan fingerprint density at radius 1 is 0.880 bits per heavy atom. The monoisotopic (exact) mass is 379 g/mol. The van der Waals surface area contributed by atoms with Crippen molar-refractivity contribution in [1.82, 2.24) is 16.0 Å². The van der Waals surface area contributed by atoms with Crippen LogP contribution in [-0.4, -0.2) is 93.3 Å². The Hall–Kier alpha value is -1.40. The van der Waals surface area contributed by atoms with Gasteiger partial charge in [0, 0.05) is 5.75 Å². The average Bonchev–Trinajstić information content (AvgIpc) is 2.54. The lowest BCUT2D eigenvalue weighted by Gasteiger charge is -2.38. The van der Waals surface area contributed by atoms with Gasteiger partial charge in [-0.1, -0.05) is 0 Å². The van der Waals surface area contributed by atoms with Gasteiger partial charge in [0.15, 0.2) is 18.3 Å². The van der Waals surface area contributed by atoms with Gasteiger partial charge in [0.2, 0.25) is 0 Å². The number of carbonyl (C=O) groups excluding carboxylic acids is 3. The lowest BCUT2D eigenvalue weighted by atomic mass is 10.1. The molecule has 11 heteroatoms. The van der Waals surface area contributed by atoms with Crippen LogP contribution in [0.25, 0.3) is 0 Å². The third-order valence-corrected chi connectivity index (χ3v) is 4.31. The Morgan fingerprint density at radius 2 is 1.32 bits per heavy atom. The number of ether oxygens (including phenoxy) is 3. The topological polar surface area (TPSA) is 135 Å². The van der Waals surface area contributed by atoms with Gasteiger partial charge in [-0.25, -0.2) is 0 Å². The van der Waals surface area contributed by atoms with Gasteiger partial charge in [-0.3, -0.25) is 14.4 Å². The summed E-state index contributed by atoms with van der Waals surface area (Å²) in [5.74, 6) is -1.58. The Kier molecular flexibility index (Phi) is 9.75. The summed E-state index contributed by atoms with van der Waals surface area (Å²) in [6, 6.07) is 0. The zero-order chi connectivity index (χ0) is 18.8. The molecule has 0 spiro atoms. The zero-order valence-electron chi connectivity index (χ0n) is 14.4. The van der Waals surface area contributed by atoms with Crippen LogP contribution in [0.5, 0.6) is 0 Å². The summed E-state index contributed by atoms with van der Waals surface area (Å²) in [5.41, 5.74) is -1.10. The van der Waals surface area contributed by atoms with Crippen molar-refractivity contribution in [3.8, 4) is 0 Å². The molecule has 0 saturated carbocycles. The number of thioether (sulfide) groups is 1. The van der Waals surface area contributed by atoms with E-state index in [9.17, 15) is 19.5 Å². The first kappa shape index (κ1) is 21.6. The molecule has 4 atom stereocenters. The predicted molar refractivity (Wildman–Crippen MR) is 89.9 cm³/mol. The number of hydrogen-bond donors (Lipinski definition) is 4. The first-order chi connectivity index (χ1) is 11.9. The third-order valence-electron chi connectivity index (χ3n) is 3.18. The van der Waals surface area contributed by atoms with Crippen LogP contribution in [0.2, 0.25) is 0 Å². The predicted octanol–water partition coefficient (Wildman–Crippen LogP) is -2.55. The van der Waals surface area contributed by atoms with Crippen molar-refractivity contribution in [1.29, 1.82) is 0 Å². The number of rotatable bonds is 9. The van der Waals surface area contributed by atoms with E-state index in [1.165, 1.54) is 0 Å². The number of esters is 3. The van der Waals surface area contributed by atoms with E-state index in [0.717, 1.165) is 11.8 Å². The number of aliphatic hydroxyl groups excluding tert-OH is 1. The number of nitrogens with one attached hydrogen (secondary N) is 3. The lowest BCUT2D eigenvalue weighted by molar-refractivity contribution is -0.189. The van der Waals surface area contributed by atoms with Crippen molar-refractivity contribution in [3.63, 3.8) is 0 Å². The van der Waals surface area contributed by atoms with Crippen molar-refractivity contribution >= 4 is 29.7 Å². The van der Waals surface area contributed by atoms with E-state index < -0.39 is 41.7 Å². The summed E-state index contributed by atoms with van der Waals surface area (Å²) in [4.78, 5) is 35.4. The molecule has 0 aromatic rings. The summed E-state index contributed by atoms with van der Waals surface area (Å²) in [7, 11) is 4.73. The molecule has 1 fully saturated rings. The van der Waals surface area contributed by atoms with E-state index in [-0.39, 0.29) is 25.4 Å². The zero-order valence-corrected chi connectivity index (χ0v) is 15.3. The maximum atomic E-state index is 11.9. The number of likely N-dealkylation sites (N-methyl/N-ethyl adjacent to an activating group) is 3. The number of aliphatic hydroxyl groups is 1. The van der Waals surface area contributed by atoms with Gasteiger partial charge < -0.3 is 35.3 Å². The Bertz CT molecular complexity index is 466. The summed E-state index contributed by atoms with van der Waals surface area (Å²) < 4.78 is 15.9. The van der Waals surface area contributed by atoms with Crippen LogP contribution in [0.15, 0.2) is 0 Å². The van der Waals surface area contributed by atoms with E-state index in [1.54, 1.807) is 21.1 Å². The summed E-state index contributed by atoms with van der Waals surface area (Å²) in [5, 5.41) is 18.1. The largest absolute Gasteiger partial charge is 0.456 e. The molecule has 144 valence electrons. The lowest BCUT2D eigenvalue weighted by Crippen LogP contribution is -2.55. The van der Waals surface area contributed by atoms with Crippen molar-refractivity contribution in [2.45, 2.75) is 23.7 Å². The molecule has 1 aliphatic heterocycles. The maximum Gasteiger partial charge on any atom is 0.320 e. The van der Waals surface area contributed by atoms with Gasteiger partial charge in [-0.05, 0) is 21.1 Å². The fourth-order valence-corrected chi connectivity index (χ4v) is 3.20. The summed E-state index contributed by atoms with van der Waals surface area (Å²) in [6.07, 6.45) is -3.09. The maximum absolute atomic E-state index is 11.9. The molecule has 0 radical (unpaired) electrons. The van der Waals surface area contributed by atoms with Crippen LogP contribution in [0.3, 0.4) is 0 Å². The Morgan fingerprint density at radius 3 is 1.80 bits per heavy atom. The van der Waals surface area contributed by atoms with Crippen LogP contribution in [0.4, 0.5) is 0 Å². The van der Waals surface area contributed by atoms with Gasteiger partial charge in [0.25, 0.3) is 0 Å². The minimum atomic E-state index is -1.15. The molecule has 4 N–H and O–H groups in total. The number of carbonyl (C=O) groups is 3. The molecule has 0 amide bonds. The van der Waals surface area contributed by atoms with Crippen molar-refractivity contribution in [2.75, 3.05) is 46.5 Å². The second kappa shape index (κ2) is 11.3. The Balaban J connectivity index is 2.91. The summed E-state index contributed by atoms with van der Waals surface area (Å²) in [6.45, 7) is -0.172. The molecular formula is C14H25N3O7S. The second-order valence-corrected chi connectivity index (χ2v) is 6.40. The van der Waals surface area contributed by atoms with Gasteiger partial charge >= 0.3 is 17.9 Å². The number of hydrogen-bond acceptors (Lipinski definition) is 11. The molecular weight excluding hydrogens is 354 g/mol. The highest BCUT2D eigenvalue weighted by Crippen LogP contribution is 2.31. The van der Waals surface area contributed by atoms with Crippen LogP contribution in [-0.2, 0) is 28.6 Å². The molecule has 10 nitrogen and oxygen atoms in total. The fourth-order valence-electron chi connectivity index (χ4n) is 2.16. The SMILES string of the molecule is CNCC(=O)O[C@@H]1[C@@H](OC(=O)CNC)[C@H](OC(=O)CNC)CS[C@H]1O. The Labute approximate surface area is 150 Å². The smallest absolute Gasteiger partial charge is 0.320 e. The molecule has 1 rings (SSSR count). The molecule has 0 bridgehead atoms. The van der Waals surface area contributed by atoms with Crippen LogP contribution >= 0.6 is 11.8 Å². The molecule has 1 heterocycles. The first-order valence-electron chi connectivity index (χ1n) is 7.74. The standard InChI is InChI=1S/C14H25N3O7S/c1-15-4-9(18)22-8-7-25-14(21)13(24-11(20)6-17-3)12(8)23-10(19)5-16-2/h8,12-17,21H,4-7H2,1-3H3/t8-,12+,13-,14-/m1/s1. The fraction of sp³-hybridized carbons (Fsp3) is 0.786. The highest BCUT2D eigenvalue weighted by Gasteiger charge is 2.46. The molecule has 1 saturated heterocycles. The van der Waals surface area contributed by atoms with Crippen LogP contribution in [0.1, 0.15) is 0 Å². The van der Waals surface area contributed by atoms with E-state index >= 15 is 0 Å². The normalized spacial score (nSPS) is 25.9. The molecule has 0 unspecified atom stereocenters. The highest BCUT2D eigenvalue weighted by molar-refractivity contribution is 7.99. The van der Waals surface area contributed by atoms with Crippen molar-refractivity contribution in [3.05, 3.63) is 0 Å². The van der Waals surface area contributed by atoms with Gasteiger partial charge in [-0.15, -0.1) is 11.8 Å². The van der Waals surface area contributed by atoms with Crippen LogP contribution in [0, 0.1) is 0 Å². The van der Waals surface area contributed by atoms with E-state index in [0.29, 0.717) is 0 Å². The van der Waals surface area contributed by atoms with Crippen LogP contribution < -0.4 is 16.0 Å². The molecule has 1 aliphatic rings. The van der Waals surface area contributed by atoms with E-state index in [2.05, 4.69) is 16.0 Å².